The summed E-state index contributed by atoms with van der Waals surface area (Å²) in [5.74, 6) is -0.394. The fourth-order valence-electron chi connectivity index (χ4n) is 2.34. The number of hydrogen-bond donors (Lipinski definition) is 2. The quantitative estimate of drug-likeness (QED) is 0.886. The first kappa shape index (κ1) is 17.2. The van der Waals surface area contributed by atoms with Crippen molar-refractivity contribution in [2.75, 3.05) is 5.32 Å². The van der Waals surface area contributed by atoms with Gasteiger partial charge in [-0.1, -0.05) is 47.2 Å². The van der Waals surface area contributed by atoms with Gasteiger partial charge in [0.15, 0.2) is 5.17 Å². The molecule has 0 bridgehead atoms. The van der Waals surface area contributed by atoms with Crippen molar-refractivity contribution in [2.24, 2.45) is 4.99 Å². The lowest BCUT2D eigenvalue weighted by atomic mass is 10.2. The van der Waals surface area contributed by atoms with Crippen molar-refractivity contribution in [1.29, 1.82) is 0 Å². The summed E-state index contributed by atoms with van der Waals surface area (Å²) in [7, 11) is 0. The third-order valence-electron chi connectivity index (χ3n) is 3.75. The molecule has 5 nitrogen and oxygen atoms in total. The van der Waals surface area contributed by atoms with E-state index >= 15 is 0 Å². The number of rotatable bonds is 3. The molecular weight excluding hydrogens is 334 g/mol. The van der Waals surface area contributed by atoms with Gasteiger partial charge in [-0.15, -0.1) is 0 Å². The van der Waals surface area contributed by atoms with Crippen LogP contribution in [0, 0.1) is 13.8 Å². The molecule has 2 N–H and O–H groups in total. The molecule has 6 heteroatoms. The van der Waals surface area contributed by atoms with E-state index in [4.69, 9.17) is 0 Å². The summed E-state index contributed by atoms with van der Waals surface area (Å²) in [6.07, 6.45) is 0.134. The standard InChI is InChI=1S/C19H19N3O2S/c1-12-3-7-14(8-4-12)20-18(24)16-11-17(23)22-19(25-16)21-15-9-5-13(2)6-10-15/h3-10,16H,11H2,1-2H3,(H,20,24)(H,21,22,23)/t16-/m1/s1. The monoisotopic (exact) mass is 353 g/mol. The number of hydrogen-bond acceptors (Lipinski definition) is 4. The Balaban J connectivity index is 1.71. The summed E-state index contributed by atoms with van der Waals surface area (Å²) < 4.78 is 0. The molecule has 1 aliphatic heterocycles. The normalized spacial score (nSPS) is 18.7. The first-order valence-corrected chi connectivity index (χ1v) is 8.87. The molecule has 1 aliphatic rings. The van der Waals surface area contributed by atoms with E-state index in [1.807, 2.05) is 62.4 Å². The van der Waals surface area contributed by atoms with Gasteiger partial charge in [-0.25, -0.2) is 4.99 Å². The fraction of sp³-hybridized carbons (Fsp3) is 0.211. The summed E-state index contributed by atoms with van der Waals surface area (Å²) in [4.78, 5) is 28.8. The van der Waals surface area contributed by atoms with Gasteiger partial charge >= 0.3 is 0 Å². The van der Waals surface area contributed by atoms with Crippen LogP contribution in [0.4, 0.5) is 11.4 Å². The lowest BCUT2D eigenvalue weighted by Gasteiger charge is -2.22. The van der Waals surface area contributed by atoms with E-state index in [-0.39, 0.29) is 18.2 Å². The van der Waals surface area contributed by atoms with Crippen molar-refractivity contribution in [3.63, 3.8) is 0 Å². The Bertz CT molecular complexity index is 814. The average molecular weight is 353 g/mol. The zero-order valence-electron chi connectivity index (χ0n) is 14.1. The molecule has 2 aromatic carbocycles. The lowest BCUT2D eigenvalue weighted by molar-refractivity contribution is -0.123. The molecule has 0 aliphatic carbocycles. The van der Waals surface area contributed by atoms with Crippen molar-refractivity contribution < 1.29 is 9.59 Å². The Hall–Kier alpha value is -2.60. The van der Waals surface area contributed by atoms with Crippen LogP contribution in [0.3, 0.4) is 0 Å². The van der Waals surface area contributed by atoms with Crippen molar-refractivity contribution in [1.82, 2.24) is 5.32 Å². The van der Waals surface area contributed by atoms with E-state index in [9.17, 15) is 9.59 Å². The average Bonchev–Trinajstić information content (AvgIpc) is 2.58. The summed E-state index contributed by atoms with van der Waals surface area (Å²) in [5, 5.41) is 5.53. The highest BCUT2D eigenvalue weighted by atomic mass is 32.2. The minimum atomic E-state index is -0.501. The van der Waals surface area contributed by atoms with E-state index in [0.29, 0.717) is 5.17 Å². The fourth-order valence-corrected chi connectivity index (χ4v) is 3.34. The molecule has 25 heavy (non-hydrogen) atoms. The summed E-state index contributed by atoms with van der Waals surface area (Å²) in [6, 6.07) is 15.2. The molecule has 0 aromatic heterocycles. The number of anilines is 1. The second-order valence-electron chi connectivity index (χ2n) is 5.97. The van der Waals surface area contributed by atoms with Crippen LogP contribution in [0.15, 0.2) is 53.5 Å². The van der Waals surface area contributed by atoms with Gasteiger partial charge in [0, 0.05) is 12.1 Å². The van der Waals surface area contributed by atoms with Crippen LogP contribution in [-0.4, -0.2) is 22.2 Å². The molecule has 0 radical (unpaired) electrons. The summed E-state index contributed by atoms with van der Waals surface area (Å²) in [5.41, 5.74) is 3.73. The number of amidine groups is 1. The molecule has 0 spiro atoms. The highest BCUT2D eigenvalue weighted by Gasteiger charge is 2.30. The summed E-state index contributed by atoms with van der Waals surface area (Å²) in [6.45, 7) is 3.99. The van der Waals surface area contributed by atoms with Crippen molar-refractivity contribution >= 4 is 40.1 Å². The molecule has 2 aromatic rings. The van der Waals surface area contributed by atoms with Gasteiger partial charge < -0.3 is 10.6 Å². The highest BCUT2D eigenvalue weighted by Crippen LogP contribution is 2.25. The number of benzene rings is 2. The van der Waals surface area contributed by atoms with Crippen LogP contribution in [0.1, 0.15) is 17.5 Å². The van der Waals surface area contributed by atoms with Gasteiger partial charge in [0.25, 0.3) is 0 Å². The Kier molecular flexibility index (Phi) is 5.19. The van der Waals surface area contributed by atoms with Crippen LogP contribution in [0.5, 0.6) is 0 Å². The first-order chi connectivity index (χ1) is 12.0. The van der Waals surface area contributed by atoms with E-state index in [2.05, 4.69) is 15.6 Å². The maximum atomic E-state index is 12.5. The topological polar surface area (TPSA) is 70.6 Å². The molecule has 1 heterocycles. The SMILES string of the molecule is Cc1ccc(N=C2NC(=O)C[C@H](C(=O)Nc3ccc(C)cc3)S2)cc1. The maximum Gasteiger partial charge on any atom is 0.238 e. The largest absolute Gasteiger partial charge is 0.325 e. The smallest absolute Gasteiger partial charge is 0.238 e. The zero-order valence-corrected chi connectivity index (χ0v) is 14.9. The lowest BCUT2D eigenvalue weighted by Crippen LogP contribution is -2.41. The minimum absolute atomic E-state index is 0.134. The first-order valence-electron chi connectivity index (χ1n) is 7.99. The number of aryl methyl sites for hydroxylation is 2. The minimum Gasteiger partial charge on any atom is -0.325 e. The molecule has 0 unspecified atom stereocenters. The predicted octanol–water partition coefficient (Wildman–Crippen LogP) is 3.55. The molecule has 0 saturated carbocycles. The van der Waals surface area contributed by atoms with Crippen LogP contribution in [0.2, 0.25) is 0 Å². The summed E-state index contributed by atoms with van der Waals surface area (Å²) >= 11 is 1.27. The highest BCUT2D eigenvalue weighted by molar-refractivity contribution is 8.15. The van der Waals surface area contributed by atoms with Crippen LogP contribution in [-0.2, 0) is 9.59 Å². The Morgan fingerprint density at radius 3 is 2.32 bits per heavy atom. The van der Waals surface area contributed by atoms with E-state index in [1.165, 1.54) is 11.8 Å². The number of aliphatic imine (C=N–C) groups is 1. The number of thioether (sulfide) groups is 1. The third kappa shape index (κ3) is 4.70. The van der Waals surface area contributed by atoms with Crippen LogP contribution < -0.4 is 10.6 Å². The number of carbonyl (C=O) groups excluding carboxylic acids is 2. The molecular formula is C19H19N3O2S. The van der Waals surface area contributed by atoms with Crippen LogP contribution >= 0.6 is 11.8 Å². The second-order valence-corrected chi connectivity index (χ2v) is 7.16. The van der Waals surface area contributed by atoms with Crippen molar-refractivity contribution in [2.45, 2.75) is 25.5 Å². The Morgan fingerprint density at radius 1 is 1.08 bits per heavy atom. The van der Waals surface area contributed by atoms with Gasteiger partial charge in [0.2, 0.25) is 11.8 Å². The molecule has 128 valence electrons. The number of nitrogens with zero attached hydrogens (tertiary/aromatic N) is 1. The van der Waals surface area contributed by atoms with E-state index < -0.39 is 5.25 Å². The van der Waals surface area contributed by atoms with Crippen LogP contribution in [0.25, 0.3) is 0 Å². The Labute approximate surface area is 150 Å². The molecule has 3 rings (SSSR count). The van der Waals surface area contributed by atoms with Gasteiger partial charge in [0.1, 0.15) is 5.25 Å². The second kappa shape index (κ2) is 7.53. The number of nitrogens with one attached hydrogen (secondary N) is 2. The predicted molar refractivity (Wildman–Crippen MR) is 102 cm³/mol. The maximum absolute atomic E-state index is 12.5. The van der Waals surface area contributed by atoms with Gasteiger partial charge in [-0.2, -0.15) is 0 Å². The number of amides is 2. The number of carbonyl (C=O) groups is 2. The van der Waals surface area contributed by atoms with Crippen molar-refractivity contribution in [3.05, 3.63) is 59.7 Å². The van der Waals surface area contributed by atoms with E-state index in [1.54, 1.807) is 0 Å². The van der Waals surface area contributed by atoms with Gasteiger partial charge in [0.05, 0.1) is 5.69 Å². The molecule has 1 saturated heterocycles. The molecule has 1 atom stereocenters. The van der Waals surface area contributed by atoms with E-state index in [0.717, 1.165) is 22.5 Å². The molecule has 2 amide bonds. The zero-order chi connectivity index (χ0) is 17.8. The van der Waals surface area contributed by atoms with Gasteiger partial charge in [-0.3, -0.25) is 9.59 Å². The van der Waals surface area contributed by atoms with Gasteiger partial charge in [-0.05, 0) is 38.1 Å². The Morgan fingerprint density at radius 2 is 1.68 bits per heavy atom. The van der Waals surface area contributed by atoms with Crippen molar-refractivity contribution in [3.8, 4) is 0 Å². The third-order valence-corrected chi connectivity index (χ3v) is 4.83. The molecule has 1 fully saturated rings.